The van der Waals surface area contributed by atoms with Crippen LogP contribution in [0.25, 0.3) is 0 Å². The van der Waals surface area contributed by atoms with Gasteiger partial charge in [0.25, 0.3) is 0 Å². The van der Waals surface area contributed by atoms with Crippen molar-refractivity contribution in [2.45, 2.75) is 80.3 Å². The molecule has 2 N–H and O–H groups in total. The summed E-state index contributed by atoms with van der Waals surface area (Å²) in [4.78, 5) is 23.8. The molecule has 0 aliphatic rings. The van der Waals surface area contributed by atoms with Crippen LogP contribution in [0.1, 0.15) is 78.4 Å². The van der Waals surface area contributed by atoms with Crippen LogP contribution in [0.4, 0.5) is 17.6 Å². The number of benzene rings is 2. The van der Waals surface area contributed by atoms with Crippen molar-refractivity contribution in [2.24, 2.45) is 10.8 Å². The van der Waals surface area contributed by atoms with Gasteiger partial charge >= 0.3 is 21.7 Å². The molecular weight excluding hydrogens is 640 g/mol. The standard InChI is InChI=1S/2C14H18F2NO.2C5H5.Ti/c2*1-4-7-14(2,3)13(18)17-9-10-5-6-11(15)8-12(10)16;2*1-2-4-5-3-1;/h2*5-6H,4,7,9H2,1-3H3,(H,17,18);2*1-5H;/q4*-1;+4. The number of hydrogen-bond donors (Lipinski definition) is 2. The molecule has 2 amide bonds. The third-order valence-electron chi connectivity index (χ3n) is 6.85. The van der Waals surface area contributed by atoms with E-state index in [0.717, 1.165) is 37.8 Å². The summed E-state index contributed by atoms with van der Waals surface area (Å²) in [6.07, 6.45) is 3.33. The van der Waals surface area contributed by atoms with Crippen LogP contribution in [0.15, 0.2) is 84.9 Å². The monoisotopic (exact) mass is 686 g/mol. The van der Waals surface area contributed by atoms with Crippen LogP contribution in [0.2, 0.25) is 0 Å². The minimum Gasteiger partial charge on any atom is -0.363 e. The van der Waals surface area contributed by atoms with Gasteiger partial charge < -0.3 is 10.6 Å². The van der Waals surface area contributed by atoms with Gasteiger partial charge in [0.1, 0.15) is 0 Å². The molecule has 0 aliphatic carbocycles. The number of halogens is 4. The first-order valence-corrected chi connectivity index (χ1v) is 15.4. The number of nitrogens with one attached hydrogen (secondary N) is 2. The van der Waals surface area contributed by atoms with Crippen LogP contribution in [0.3, 0.4) is 0 Å². The first-order chi connectivity index (χ1) is 21.7. The number of hydrogen-bond acceptors (Lipinski definition) is 2. The predicted octanol–water partition coefficient (Wildman–Crippen LogP) is 9.22. The molecule has 4 rings (SSSR count). The van der Waals surface area contributed by atoms with E-state index in [1.54, 1.807) is 0 Å². The van der Waals surface area contributed by atoms with Crippen molar-refractivity contribution in [3.8, 4) is 0 Å². The van der Waals surface area contributed by atoms with Crippen molar-refractivity contribution in [1.82, 2.24) is 10.6 Å². The fraction of sp³-hybridized carbons (Fsp3) is 0.368. The second-order valence-corrected chi connectivity index (χ2v) is 11.8. The van der Waals surface area contributed by atoms with Crippen molar-refractivity contribution >= 4 is 11.8 Å². The normalized spacial score (nSPS) is 10.4. The predicted molar refractivity (Wildman–Crippen MR) is 176 cm³/mol. The van der Waals surface area contributed by atoms with Crippen LogP contribution in [0, 0.1) is 46.2 Å². The smallest absolute Gasteiger partial charge is 0.363 e. The molecule has 252 valence electrons. The zero-order valence-electron chi connectivity index (χ0n) is 28.2. The molecule has 0 saturated heterocycles. The Morgan fingerprint density at radius 1 is 0.638 bits per heavy atom. The van der Waals surface area contributed by atoms with E-state index < -0.39 is 34.1 Å². The van der Waals surface area contributed by atoms with Crippen molar-refractivity contribution in [3.05, 3.63) is 131 Å². The second kappa shape index (κ2) is 22.9. The maximum Gasteiger partial charge on any atom is 4.00 e. The van der Waals surface area contributed by atoms with Crippen LogP contribution >= 0.6 is 0 Å². The van der Waals surface area contributed by atoms with E-state index in [2.05, 4.69) is 10.6 Å². The van der Waals surface area contributed by atoms with E-state index in [-0.39, 0.29) is 57.7 Å². The molecule has 0 fully saturated rings. The van der Waals surface area contributed by atoms with Crippen LogP contribution in [-0.4, -0.2) is 11.8 Å². The summed E-state index contributed by atoms with van der Waals surface area (Å²) in [5.41, 5.74) is -0.488. The Bertz CT molecular complexity index is 1260. The van der Waals surface area contributed by atoms with E-state index in [4.69, 9.17) is 0 Å². The summed E-state index contributed by atoms with van der Waals surface area (Å²) in [5.74, 6) is -3.27. The Balaban J connectivity index is 0.000000681. The van der Waals surface area contributed by atoms with Crippen LogP contribution < -0.4 is 10.6 Å². The third kappa shape index (κ3) is 17.9. The molecule has 0 saturated carbocycles. The molecule has 0 atom stereocenters. The van der Waals surface area contributed by atoms with Gasteiger partial charge in [0.2, 0.25) is 11.8 Å². The maximum atomic E-state index is 13.3. The summed E-state index contributed by atoms with van der Waals surface area (Å²) in [7, 11) is 0. The second-order valence-electron chi connectivity index (χ2n) is 11.8. The third-order valence-corrected chi connectivity index (χ3v) is 6.85. The minimum absolute atomic E-state index is 0. The molecule has 0 radical (unpaired) electrons. The molecule has 4 aromatic carbocycles. The maximum absolute atomic E-state index is 13.3. The summed E-state index contributed by atoms with van der Waals surface area (Å²) < 4.78 is 51.9. The van der Waals surface area contributed by atoms with Gasteiger partial charge in [0, 0.05) is 47.2 Å². The molecular formula is C38H46F4N2O2Ti. The first kappa shape index (κ1) is 43.5. The molecule has 0 heterocycles. The Kier molecular flexibility index (Phi) is 21.2. The van der Waals surface area contributed by atoms with Gasteiger partial charge in [0.05, 0.1) is 0 Å². The van der Waals surface area contributed by atoms with E-state index >= 15 is 0 Å². The Hall–Kier alpha value is -3.49. The largest absolute Gasteiger partial charge is 4.00 e. The molecule has 9 heteroatoms. The summed E-state index contributed by atoms with van der Waals surface area (Å²) in [6, 6.07) is 28.8. The fourth-order valence-corrected chi connectivity index (χ4v) is 4.17. The molecule has 0 unspecified atom stereocenters. The number of carbonyl (C=O) groups is 2. The number of amides is 2. The molecule has 0 spiro atoms. The summed E-state index contributed by atoms with van der Waals surface area (Å²) >= 11 is 0. The van der Waals surface area contributed by atoms with Crippen LogP contribution in [0.5, 0.6) is 0 Å². The van der Waals surface area contributed by atoms with Crippen molar-refractivity contribution in [3.63, 3.8) is 0 Å². The van der Waals surface area contributed by atoms with Crippen LogP contribution in [-0.2, 0) is 44.4 Å². The van der Waals surface area contributed by atoms with Gasteiger partial charge in [-0.05, 0) is 12.8 Å². The molecule has 47 heavy (non-hydrogen) atoms. The van der Waals surface area contributed by atoms with Gasteiger partial charge in [-0.2, -0.15) is 48.5 Å². The van der Waals surface area contributed by atoms with E-state index in [0.29, 0.717) is 0 Å². The molecule has 4 nitrogen and oxygen atoms in total. The van der Waals surface area contributed by atoms with Gasteiger partial charge in [-0.1, -0.05) is 54.4 Å². The van der Waals surface area contributed by atoms with Gasteiger partial charge in [-0.25, -0.2) is 41.8 Å². The molecule has 4 aromatic rings. The zero-order chi connectivity index (χ0) is 34.6. The Morgan fingerprint density at radius 2 is 0.957 bits per heavy atom. The van der Waals surface area contributed by atoms with Crippen molar-refractivity contribution in [1.29, 1.82) is 0 Å². The van der Waals surface area contributed by atoms with E-state index in [1.165, 1.54) is 12.1 Å². The Morgan fingerprint density at radius 3 is 1.19 bits per heavy atom. The van der Waals surface area contributed by atoms with E-state index in [1.807, 2.05) is 114 Å². The van der Waals surface area contributed by atoms with Gasteiger partial charge in [0.15, 0.2) is 0 Å². The minimum atomic E-state index is -0.761. The average Bonchev–Trinajstić information content (AvgIpc) is 3.76. The molecule has 0 bridgehead atoms. The SMILES string of the molecule is CCCC(C)(C)C(=O)NCc1ccc(F)[c-]c1F.CCCC(C)(C)C(=O)NCc1ccc(F)[c-]c1F.[Ti+4].c1cc[cH-]c1.c1cc[cH-]c1. The van der Waals surface area contributed by atoms with E-state index in [9.17, 15) is 27.2 Å². The summed E-state index contributed by atoms with van der Waals surface area (Å²) in [5, 5.41) is 5.33. The molecule has 0 aliphatic heterocycles. The topological polar surface area (TPSA) is 58.2 Å². The molecule has 0 aromatic heterocycles. The number of rotatable bonds is 10. The fourth-order valence-electron chi connectivity index (χ4n) is 4.17. The van der Waals surface area contributed by atoms with Gasteiger partial charge in [-0.3, -0.25) is 9.59 Å². The average molecular weight is 687 g/mol. The van der Waals surface area contributed by atoms with Crippen molar-refractivity contribution < 1.29 is 48.9 Å². The quantitative estimate of drug-likeness (QED) is 0.0993. The zero-order valence-corrected chi connectivity index (χ0v) is 29.7. The number of carbonyl (C=O) groups excluding carboxylic acids is 2. The van der Waals surface area contributed by atoms with Gasteiger partial charge in [-0.15, -0.1) is 35.4 Å². The summed E-state index contributed by atoms with van der Waals surface area (Å²) in [6.45, 7) is 11.5. The first-order valence-electron chi connectivity index (χ1n) is 15.4. The van der Waals surface area contributed by atoms with Crippen molar-refractivity contribution in [2.75, 3.05) is 0 Å². The Labute approximate surface area is 293 Å².